The standard InChI is InChI=1S/C25H25N5O4/c1-2-10-27-16-19(22-20(17-27)24(32)30(26-22)18-7-4-3-5-8-18)23(31)28-11-13-29(14-12-28)25(33)21-9-6-15-34-21/h3-9,15-17H,2,10-14H2,1H3. The number of furan rings is 1. The number of nitrogens with zero attached hydrogens (tertiary/aromatic N) is 5. The van der Waals surface area contributed by atoms with E-state index in [0.29, 0.717) is 61.0 Å². The maximum absolute atomic E-state index is 13.6. The third kappa shape index (κ3) is 3.89. The Labute approximate surface area is 196 Å². The third-order valence-corrected chi connectivity index (χ3v) is 6.02. The summed E-state index contributed by atoms with van der Waals surface area (Å²) in [5.74, 6) is -0.0876. The molecule has 0 atom stereocenters. The van der Waals surface area contributed by atoms with Gasteiger partial charge in [-0.15, -0.1) is 0 Å². The Morgan fingerprint density at radius 3 is 2.29 bits per heavy atom. The average molecular weight is 460 g/mol. The second-order valence-corrected chi connectivity index (χ2v) is 8.29. The van der Waals surface area contributed by atoms with Crippen LogP contribution in [0.3, 0.4) is 0 Å². The summed E-state index contributed by atoms with van der Waals surface area (Å²) >= 11 is 0. The van der Waals surface area contributed by atoms with Crippen molar-refractivity contribution in [3.8, 4) is 16.9 Å². The first kappa shape index (κ1) is 21.7. The predicted octanol–water partition coefficient (Wildman–Crippen LogP) is 2.74. The summed E-state index contributed by atoms with van der Waals surface area (Å²) in [6, 6.07) is 12.5. The Morgan fingerprint density at radius 2 is 1.65 bits per heavy atom. The molecule has 174 valence electrons. The topological polar surface area (TPSA) is 93.6 Å². The number of amides is 2. The number of para-hydroxylation sites is 1. The molecule has 2 amide bonds. The van der Waals surface area contributed by atoms with E-state index in [9.17, 15) is 14.4 Å². The van der Waals surface area contributed by atoms with Crippen LogP contribution in [0.25, 0.3) is 16.9 Å². The molecule has 4 heterocycles. The number of fused-ring (bicyclic) bond motifs is 1. The van der Waals surface area contributed by atoms with Crippen LogP contribution in [0.5, 0.6) is 0 Å². The van der Waals surface area contributed by atoms with E-state index in [4.69, 9.17) is 4.42 Å². The lowest BCUT2D eigenvalue weighted by atomic mass is 10.1. The molecule has 1 fully saturated rings. The molecular weight excluding hydrogens is 434 g/mol. The van der Waals surface area contributed by atoms with E-state index in [1.165, 1.54) is 10.9 Å². The number of pyridine rings is 1. The fourth-order valence-corrected chi connectivity index (χ4v) is 4.29. The SMILES string of the molecule is CCCn1cc(C(=O)N2CCN(C(=O)c3ccco3)CC2)c2nn(-c3ccccc3)c(=O)c-2c1. The highest BCUT2D eigenvalue weighted by Gasteiger charge is 2.30. The van der Waals surface area contributed by atoms with Gasteiger partial charge in [0.2, 0.25) is 0 Å². The number of aryl methyl sites for hydroxylation is 1. The van der Waals surface area contributed by atoms with Crippen LogP contribution in [0.2, 0.25) is 0 Å². The van der Waals surface area contributed by atoms with Crippen LogP contribution in [-0.2, 0) is 6.54 Å². The van der Waals surface area contributed by atoms with Crippen molar-refractivity contribution in [3.63, 3.8) is 0 Å². The summed E-state index contributed by atoms with van der Waals surface area (Å²) in [4.78, 5) is 42.7. The van der Waals surface area contributed by atoms with Crippen LogP contribution in [-0.4, -0.2) is 62.1 Å². The first-order valence-corrected chi connectivity index (χ1v) is 11.4. The van der Waals surface area contributed by atoms with Crippen molar-refractivity contribution < 1.29 is 14.0 Å². The molecular formula is C25H25N5O4. The largest absolute Gasteiger partial charge is 0.459 e. The second-order valence-electron chi connectivity index (χ2n) is 8.29. The molecule has 0 spiro atoms. The molecule has 0 aliphatic carbocycles. The van der Waals surface area contributed by atoms with E-state index in [2.05, 4.69) is 5.10 Å². The van der Waals surface area contributed by atoms with E-state index in [0.717, 1.165) is 6.42 Å². The number of carbonyl (C=O) groups is 2. The Hall–Kier alpha value is -4.14. The van der Waals surface area contributed by atoms with Gasteiger partial charge in [0.1, 0.15) is 5.69 Å². The summed E-state index contributed by atoms with van der Waals surface area (Å²) in [6.07, 6.45) is 5.87. The zero-order valence-electron chi connectivity index (χ0n) is 18.9. The minimum absolute atomic E-state index is 0.183. The summed E-state index contributed by atoms with van der Waals surface area (Å²) in [6.45, 7) is 4.30. The second kappa shape index (κ2) is 9.01. The zero-order chi connectivity index (χ0) is 23.7. The molecule has 0 saturated carbocycles. The Balaban J connectivity index is 1.45. The normalized spacial score (nSPS) is 14.0. The van der Waals surface area contributed by atoms with E-state index in [1.807, 2.05) is 41.8 Å². The van der Waals surface area contributed by atoms with E-state index >= 15 is 0 Å². The molecule has 2 aromatic rings. The van der Waals surface area contributed by atoms with Crippen molar-refractivity contribution >= 4 is 11.8 Å². The van der Waals surface area contributed by atoms with Gasteiger partial charge < -0.3 is 18.8 Å². The molecule has 34 heavy (non-hydrogen) atoms. The van der Waals surface area contributed by atoms with Crippen molar-refractivity contribution in [2.75, 3.05) is 26.2 Å². The van der Waals surface area contributed by atoms with Crippen molar-refractivity contribution in [3.05, 3.63) is 82.8 Å². The molecule has 0 unspecified atom stereocenters. The number of piperazine rings is 1. The maximum Gasteiger partial charge on any atom is 0.289 e. The lowest BCUT2D eigenvalue weighted by Gasteiger charge is -2.34. The third-order valence-electron chi connectivity index (χ3n) is 6.02. The molecule has 5 rings (SSSR count). The maximum atomic E-state index is 13.6. The van der Waals surface area contributed by atoms with Crippen LogP contribution >= 0.6 is 0 Å². The summed E-state index contributed by atoms with van der Waals surface area (Å²) in [5, 5.41) is 4.54. The lowest BCUT2D eigenvalue weighted by Crippen LogP contribution is -2.50. The molecule has 1 saturated heterocycles. The Bertz CT molecular complexity index is 1330. The fourth-order valence-electron chi connectivity index (χ4n) is 4.29. The van der Waals surface area contributed by atoms with Crippen molar-refractivity contribution in [1.82, 2.24) is 24.1 Å². The number of hydrogen-bond donors (Lipinski definition) is 0. The highest BCUT2D eigenvalue weighted by atomic mass is 16.3. The van der Waals surface area contributed by atoms with Gasteiger partial charge >= 0.3 is 0 Å². The highest BCUT2D eigenvalue weighted by Crippen LogP contribution is 2.24. The van der Waals surface area contributed by atoms with Gasteiger partial charge in [-0.1, -0.05) is 25.1 Å². The quantitative estimate of drug-likeness (QED) is 0.458. The molecule has 1 aromatic carbocycles. The molecule has 9 heteroatoms. The van der Waals surface area contributed by atoms with E-state index < -0.39 is 0 Å². The smallest absolute Gasteiger partial charge is 0.289 e. The van der Waals surface area contributed by atoms with Crippen molar-refractivity contribution in [1.29, 1.82) is 0 Å². The molecule has 1 aromatic heterocycles. The number of benzene rings is 1. The van der Waals surface area contributed by atoms with Gasteiger partial charge in [-0.05, 0) is 30.7 Å². The van der Waals surface area contributed by atoms with Crippen LogP contribution in [0.4, 0.5) is 0 Å². The zero-order valence-corrected chi connectivity index (χ0v) is 18.9. The summed E-state index contributed by atoms with van der Waals surface area (Å²) in [5.41, 5.74) is 1.59. The van der Waals surface area contributed by atoms with Crippen LogP contribution in [0.15, 0.2) is 70.3 Å². The molecule has 9 nitrogen and oxygen atoms in total. The van der Waals surface area contributed by atoms with Gasteiger partial charge in [-0.25, -0.2) is 0 Å². The number of hydrogen-bond acceptors (Lipinski definition) is 5. The van der Waals surface area contributed by atoms with Gasteiger partial charge in [-0.3, -0.25) is 14.4 Å². The van der Waals surface area contributed by atoms with Gasteiger partial charge in [0, 0.05) is 45.1 Å². The van der Waals surface area contributed by atoms with Crippen LogP contribution < -0.4 is 5.56 Å². The first-order valence-electron chi connectivity index (χ1n) is 11.4. The Kier molecular flexibility index (Phi) is 5.75. The van der Waals surface area contributed by atoms with Gasteiger partial charge in [-0.2, -0.15) is 9.78 Å². The number of carbonyl (C=O) groups excluding carboxylic acids is 2. The Morgan fingerprint density at radius 1 is 0.941 bits per heavy atom. The molecule has 3 aliphatic heterocycles. The average Bonchev–Trinajstić information content (AvgIpc) is 3.53. The van der Waals surface area contributed by atoms with Crippen molar-refractivity contribution in [2.45, 2.75) is 19.9 Å². The highest BCUT2D eigenvalue weighted by molar-refractivity contribution is 6.00. The van der Waals surface area contributed by atoms with Crippen molar-refractivity contribution in [2.24, 2.45) is 0 Å². The van der Waals surface area contributed by atoms with E-state index in [-0.39, 0.29) is 17.4 Å². The summed E-state index contributed by atoms with van der Waals surface area (Å²) in [7, 11) is 0. The summed E-state index contributed by atoms with van der Waals surface area (Å²) < 4.78 is 8.44. The first-order chi connectivity index (χ1) is 16.6. The van der Waals surface area contributed by atoms with Gasteiger partial charge in [0.15, 0.2) is 5.76 Å². The molecule has 0 radical (unpaired) electrons. The predicted molar refractivity (Wildman–Crippen MR) is 125 cm³/mol. The minimum Gasteiger partial charge on any atom is -0.459 e. The van der Waals surface area contributed by atoms with Gasteiger partial charge in [0.25, 0.3) is 17.4 Å². The van der Waals surface area contributed by atoms with Crippen LogP contribution in [0.1, 0.15) is 34.3 Å². The number of rotatable bonds is 5. The molecule has 0 N–H and O–H groups in total. The number of aromatic nitrogens is 3. The van der Waals surface area contributed by atoms with E-state index in [1.54, 1.807) is 34.3 Å². The lowest BCUT2D eigenvalue weighted by molar-refractivity contribution is 0.0518. The molecule has 3 aliphatic rings. The molecule has 0 bridgehead atoms. The minimum atomic E-state index is -0.255. The fraction of sp³-hybridized carbons (Fsp3) is 0.280. The monoisotopic (exact) mass is 459 g/mol. The van der Waals surface area contributed by atoms with Crippen LogP contribution in [0, 0.1) is 0 Å². The van der Waals surface area contributed by atoms with Gasteiger partial charge in [0.05, 0.1) is 23.1 Å².